The topological polar surface area (TPSA) is 206 Å². The molecule has 0 saturated carbocycles. The fraction of sp³-hybridized carbons (Fsp3) is 0.946. The third kappa shape index (κ3) is 10.0. The normalized spacial score (nSPS) is 49.3. The molecule has 0 aromatic carbocycles. The maximum absolute atomic E-state index is 14.2. The van der Waals surface area contributed by atoms with Gasteiger partial charge in [0.05, 0.1) is 47.6 Å². The Morgan fingerprint density at radius 2 is 1.62 bits per heavy atom. The second-order valence-electron chi connectivity index (χ2n) is 16.5. The zero-order chi connectivity index (χ0) is 39.5. The first-order chi connectivity index (χ1) is 24.0. The quantitative estimate of drug-likeness (QED) is 0.152. The largest absolute Gasteiger partial charge is 0.459 e. The van der Waals surface area contributed by atoms with Crippen LogP contribution in [0.4, 0.5) is 0 Å². The van der Waals surface area contributed by atoms with Crippen LogP contribution in [0.25, 0.3) is 0 Å². The molecule has 0 spiro atoms. The van der Waals surface area contributed by atoms with Crippen LogP contribution in [-0.2, 0) is 38.0 Å². The third-order valence-electron chi connectivity index (χ3n) is 11.9. The summed E-state index contributed by atoms with van der Waals surface area (Å²) in [5, 5.41) is 60.4. The van der Waals surface area contributed by atoms with Gasteiger partial charge in [0.2, 0.25) is 6.41 Å². The Morgan fingerprint density at radius 1 is 0.981 bits per heavy atom. The van der Waals surface area contributed by atoms with E-state index in [1.165, 1.54) is 14.0 Å². The number of hydrogen-bond donors (Lipinski definition) is 6. The molecule has 0 aromatic rings. The smallest absolute Gasteiger partial charge is 0.311 e. The molecule has 3 aliphatic heterocycles. The highest BCUT2D eigenvalue weighted by Gasteiger charge is 2.52. The molecule has 304 valence electrons. The molecule has 0 radical (unpaired) electrons. The van der Waals surface area contributed by atoms with Crippen molar-refractivity contribution in [2.45, 2.75) is 185 Å². The molecule has 0 aliphatic carbocycles. The van der Waals surface area contributed by atoms with Crippen LogP contribution in [0.5, 0.6) is 0 Å². The molecule has 3 rings (SSSR count). The van der Waals surface area contributed by atoms with E-state index in [1.54, 1.807) is 55.4 Å². The van der Waals surface area contributed by atoms with Gasteiger partial charge in [-0.15, -0.1) is 0 Å². The fourth-order valence-electron chi connectivity index (χ4n) is 8.50. The van der Waals surface area contributed by atoms with Gasteiger partial charge in [-0.3, -0.25) is 9.59 Å². The average molecular weight is 749 g/mol. The van der Waals surface area contributed by atoms with Gasteiger partial charge >= 0.3 is 5.97 Å². The Balaban J connectivity index is 2.17. The number of likely N-dealkylation sites (N-methyl/N-ethyl adjacent to an activating group) is 1. The predicted molar refractivity (Wildman–Crippen MR) is 190 cm³/mol. The minimum Gasteiger partial charge on any atom is -0.459 e. The molecule has 6 N–H and O–H groups in total. The second kappa shape index (κ2) is 18.0. The Kier molecular flexibility index (Phi) is 15.5. The molecule has 3 fully saturated rings. The minimum atomic E-state index is -1.82. The highest BCUT2D eigenvalue weighted by atomic mass is 16.7. The molecular formula is C37H68N2O13. The van der Waals surface area contributed by atoms with Gasteiger partial charge in [0.1, 0.15) is 30.0 Å². The van der Waals surface area contributed by atoms with Crippen molar-refractivity contribution < 1.29 is 63.5 Å². The van der Waals surface area contributed by atoms with Gasteiger partial charge < -0.3 is 64.2 Å². The number of methoxy groups -OCH3 is 1. The van der Waals surface area contributed by atoms with Crippen molar-refractivity contribution in [3.05, 3.63) is 0 Å². The molecule has 0 unspecified atom stereocenters. The highest BCUT2D eigenvalue weighted by Crippen LogP contribution is 2.40. The molecule has 3 aliphatic rings. The molecule has 15 heteroatoms. The van der Waals surface area contributed by atoms with E-state index < -0.39 is 108 Å². The van der Waals surface area contributed by atoms with E-state index in [9.17, 15) is 35.1 Å². The summed E-state index contributed by atoms with van der Waals surface area (Å²) in [6.07, 6.45) is -8.89. The zero-order valence-corrected chi connectivity index (χ0v) is 33.2. The lowest BCUT2D eigenvalue weighted by atomic mass is 9.77. The number of aliphatic hydroxyl groups is 5. The number of hydrogen-bond acceptors (Lipinski definition) is 14. The van der Waals surface area contributed by atoms with Crippen molar-refractivity contribution in [3.63, 3.8) is 0 Å². The SMILES string of the molecule is CC[C@@H]1OC(=O)[C@H](C)[C@H](O[C@@H]2C[C@](C)(OC)[C@H](O)[C@H](C)O2)[C@@H](C)[C@H](O[C@@H]2O[C@H](C)C[C@H](NC=O)[C@H]2O)[C@](C)(O)C[C@H](C)CN(C)[C@H](C)[C@@H](O)[C@]1(C)O. The van der Waals surface area contributed by atoms with E-state index in [1.807, 2.05) is 18.9 Å². The molecule has 3 saturated heterocycles. The van der Waals surface area contributed by atoms with Crippen LogP contribution in [0.2, 0.25) is 0 Å². The second-order valence-corrected chi connectivity index (χ2v) is 16.5. The van der Waals surface area contributed by atoms with Gasteiger partial charge in [-0.2, -0.15) is 0 Å². The molecule has 18 atom stereocenters. The number of amides is 1. The van der Waals surface area contributed by atoms with E-state index in [0.29, 0.717) is 19.4 Å². The summed E-state index contributed by atoms with van der Waals surface area (Å²) in [6.45, 7) is 17.6. The number of ether oxygens (including phenoxy) is 6. The average Bonchev–Trinajstić information content (AvgIpc) is 3.06. The van der Waals surface area contributed by atoms with Gasteiger partial charge in [-0.25, -0.2) is 0 Å². The molecule has 52 heavy (non-hydrogen) atoms. The Labute approximate surface area is 309 Å². The van der Waals surface area contributed by atoms with Crippen LogP contribution in [0.15, 0.2) is 0 Å². The monoisotopic (exact) mass is 748 g/mol. The van der Waals surface area contributed by atoms with Crippen molar-refractivity contribution in [2.75, 3.05) is 20.7 Å². The van der Waals surface area contributed by atoms with E-state index in [0.717, 1.165) is 0 Å². The third-order valence-corrected chi connectivity index (χ3v) is 11.9. The Morgan fingerprint density at radius 3 is 2.19 bits per heavy atom. The minimum absolute atomic E-state index is 0.0999. The van der Waals surface area contributed by atoms with Crippen LogP contribution in [0, 0.1) is 17.8 Å². The fourth-order valence-corrected chi connectivity index (χ4v) is 8.50. The van der Waals surface area contributed by atoms with Crippen LogP contribution in [0.1, 0.15) is 94.9 Å². The summed E-state index contributed by atoms with van der Waals surface area (Å²) in [7, 11) is 3.30. The highest BCUT2D eigenvalue weighted by molar-refractivity contribution is 5.73. The van der Waals surface area contributed by atoms with Crippen molar-refractivity contribution in [3.8, 4) is 0 Å². The van der Waals surface area contributed by atoms with E-state index in [4.69, 9.17) is 28.4 Å². The zero-order valence-electron chi connectivity index (χ0n) is 33.2. The lowest BCUT2D eigenvalue weighted by Crippen LogP contribution is -2.60. The maximum Gasteiger partial charge on any atom is 0.311 e. The summed E-state index contributed by atoms with van der Waals surface area (Å²) in [5.74, 6) is -2.79. The molecule has 0 bridgehead atoms. The summed E-state index contributed by atoms with van der Waals surface area (Å²) in [5.41, 5.74) is -4.50. The number of nitrogens with one attached hydrogen (secondary N) is 1. The van der Waals surface area contributed by atoms with Crippen molar-refractivity contribution in [1.29, 1.82) is 0 Å². The van der Waals surface area contributed by atoms with Crippen molar-refractivity contribution >= 4 is 12.4 Å². The van der Waals surface area contributed by atoms with E-state index in [2.05, 4.69) is 5.32 Å². The molecular weight excluding hydrogens is 680 g/mol. The number of nitrogens with zero attached hydrogens (tertiary/aromatic N) is 1. The Bertz CT molecular complexity index is 1160. The van der Waals surface area contributed by atoms with Gasteiger partial charge in [0.25, 0.3) is 0 Å². The molecule has 0 aromatic heterocycles. The van der Waals surface area contributed by atoms with Gasteiger partial charge in [0.15, 0.2) is 12.6 Å². The first kappa shape index (κ1) is 44.9. The van der Waals surface area contributed by atoms with Crippen LogP contribution < -0.4 is 5.32 Å². The lowest BCUT2D eigenvalue weighted by Gasteiger charge is -2.48. The summed E-state index contributed by atoms with van der Waals surface area (Å²) in [4.78, 5) is 27.4. The van der Waals surface area contributed by atoms with Gasteiger partial charge in [-0.05, 0) is 80.7 Å². The number of rotatable bonds is 8. The first-order valence-electron chi connectivity index (χ1n) is 18.8. The number of esters is 1. The number of carbonyl (C=O) groups is 2. The standard InChI is InChI=1S/C37H68N2O13/c1-13-26-37(10,46)30(42)23(6)39(11)17-19(2)15-35(8,45)32(52-34-28(41)25(38-18-40)14-20(3)48-34)21(4)29(22(5)33(44)50-26)51-27-16-36(9,47-12)31(43)24(7)49-27/h18-32,34,41-43,45-46H,13-17H2,1-12H3,(H,38,40)/t19-,20+,21+,22+,23+,24-,25-,26-,27+,28+,29+,30+,31+,32-,34-,35+,36-,37+/m0/s1. The summed E-state index contributed by atoms with van der Waals surface area (Å²) < 4.78 is 37.1. The number of aliphatic hydroxyl groups excluding tert-OH is 3. The Hall–Kier alpha value is -1.50. The first-order valence-corrected chi connectivity index (χ1v) is 18.8. The molecule has 15 nitrogen and oxygen atoms in total. The van der Waals surface area contributed by atoms with E-state index >= 15 is 0 Å². The van der Waals surface area contributed by atoms with E-state index in [-0.39, 0.29) is 25.2 Å². The maximum atomic E-state index is 14.2. The van der Waals surface area contributed by atoms with Gasteiger partial charge in [0, 0.05) is 32.0 Å². The van der Waals surface area contributed by atoms with Crippen molar-refractivity contribution in [2.24, 2.45) is 17.8 Å². The van der Waals surface area contributed by atoms with Gasteiger partial charge in [-0.1, -0.05) is 20.8 Å². The molecule has 3 heterocycles. The number of carbonyl (C=O) groups excluding carboxylic acids is 2. The summed E-state index contributed by atoms with van der Waals surface area (Å²) in [6, 6.07) is -1.24. The van der Waals surface area contributed by atoms with Crippen LogP contribution >= 0.6 is 0 Å². The van der Waals surface area contributed by atoms with Crippen molar-refractivity contribution in [1.82, 2.24) is 10.2 Å². The predicted octanol–water partition coefficient (Wildman–Crippen LogP) is 1.09. The lowest BCUT2D eigenvalue weighted by molar-refractivity contribution is -0.315. The van der Waals surface area contributed by atoms with Crippen LogP contribution in [-0.4, -0.2) is 154 Å². The number of cyclic esters (lactones) is 1. The molecule has 1 amide bonds. The summed E-state index contributed by atoms with van der Waals surface area (Å²) >= 11 is 0. The van der Waals surface area contributed by atoms with Crippen LogP contribution in [0.3, 0.4) is 0 Å².